The van der Waals surface area contributed by atoms with Crippen LogP contribution in [0.5, 0.6) is 0 Å². The van der Waals surface area contributed by atoms with Gasteiger partial charge in [-0.15, -0.1) is 0 Å². The normalized spacial score (nSPS) is 23.8. The van der Waals surface area contributed by atoms with Gasteiger partial charge in [0.1, 0.15) is 6.23 Å². The molecule has 0 aliphatic carbocycles. The Morgan fingerprint density at radius 1 is 1.14 bits per heavy atom. The van der Waals surface area contributed by atoms with Crippen molar-refractivity contribution in [1.82, 2.24) is 9.13 Å². The topological polar surface area (TPSA) is 213 Å². The number of phosphoric ester groups is 1. The molecule has 0 amide bonds. The fraction of sp³-hybridized carbons (Fsp3) is 0.455. The van der Waals surface area contributed by atoms with Crippen LogP contribution in [0.4, 0.5) is 0 Å². The van der Waals surface area contributed by atoms with E-state index in [1.54, 1.807) is 0 Å². The Morgan fingerprint density at radius 2 is 1.79 bits per heavy atom. The highest BCUT2D eigenvalue weighted by molar-refractivity contribution is 7.66. The zero-order valence-corrected chi connectivity index (χ0v) is 16.9. The van der Waals surface area contributed by atoms with E-state index < -0.39 is 53.7 Å². The molecule has 4 atom stereocenters. The van der Waals surface area contributed by atoms with Crippen molar-refractivity contribution in [2.24, 2.45) is 0 Å². The number of terminal acetylenes is 1. The van der Waals surface area contributed by atoms with E-state index in [9.17, 15) is 28.2 Å². The lowest BCUT2D eigenvalue weighted by Gasteiger charge is -2.19. The predicted molar refractivity (Wildman–Crippen MR) is 92.2 cm³/mol. The average Bonchev–Trinajstić information content (AvgIpc) is 2.99. The van der Waals surface area contributed by atoms with E-state index in [1.807, 2.05) is 6.04 Å². The average molecular weight is 476 g/mol. The molecule has 29 heavy (non-hydrogen) atoms. The molecule has 2 heterocycles. The molecule has 4 unspecified atom stereocenters. The zero-order chi connectivity index (χ0) is 22.0. The summed E-state index contributed by atoms with van der Waals surface area (Å²) in [6.45, 7) is -0.649. The fourth-order valence-electron chi connectivity index (χ4n) is 2.32. The molecule has 1 aromatic rings. The van der Waals surface area contributed by atoms with Crippen LogP contribution in [0.2, 0.25) is 0 Å². The first kappa shape index (κ1) is 23.9. The molecule has 0 saturated carbocycles. The van der Waals surface area contributed by atoms with Crippen molar-refractivity contribution in [2.45, 2.75) is 25.2 Å². The smallest absolute Gasteiger partial charge is 0.352 e. The van der Waals surface area contributed by atoms with Crippen molar-refractivity contribution in [2.75, 3.05) is 6.61 Å². The molecule has 1 aliphatic rings. The zero-order valence-electron chi connectivity index (χ0n) is 14.2. The molecule has 0 bridgehead atoms. The summed E-state index contributed by atoms with van der Waals surface area (Å²) in [5, 5.41) is 0. The van der Waals surface area contributed by atoms with E-state index in [2.05, 4.69) is 13.1 Å². The van der Waals surface area contributed by atoms with E-state index in [4.69, 9.17) is 25.8 Å². The first-order chi connectivity index (χ1) is 13.2. The number of rotatable bonds is 8. The second kappa shape index (κ2) is 8.77. The molecule has 4 N–H and O–H groups in total. The standard InChI is InChI=1S/C11H15N2O13P3/c1-2-12-9(14)5-6-13(11(12)15)10-4-3-8(24-10)7-23-28(19,20)26-29(21,22)25-27(16,17)18/h1,5-6,8,10H,3-4,7H2,(H,19,20)(H,21,22)(H2,16,17,18). The Kier molecular flexibility index (Phi) is 7.22. The van der Waals surface area contributed by atoms with E-state index >= 15 is 0 Å². The maximum Gasteiger partial charge on any atom is 0.490 e. The third-order valence-corrected chi connectivity index (χ3v) is 7.18. The second-order valence-electron chi connectivity index (χ2n) is 5.49. The maximum absolute atomic E-state index is 12.1. The lowest BCUT2D eigenvalue weighted by atomic mass is 10.2. The molecule has 2 rings (SSSR count). The molecule has 1 saturated heterocycles. The highest BCUT2D eigenvalue weighted by atomic mass is 31.3. The molecule has 18 heteroatoms. The first-order valence-corrected chi connectivity index (χ1v) is 12.0. The van der Waals surface area contributed by atoms with Gasteiger partial charge in [-0.1, -0.05) is 6.42 Å². The van der Waals surface area contributed by atoms with Crippen LogP contribution >= 0.6 is 23.5 Å². The summed E-state index contributed by atoms with van der Waals surface area (Å²) in [7, 11) is -16.4. The van der Waals surface area contributed by atoms with Crippen LogP contribution in [-0.4, -0.2) is 41.4 Å². The molecule has 1 aromatic heterocycles. The summed E-state index contributed by atoms with van der Waals surface area (Å²) in [6.07, 6.45) is 4.94. The SMILES string of the molecule is C#Cn1c(=O)ccn(C2CCC(COP(=O)(O)OP(=O)(O)OP(=O)(O)O)O2)c1=O. The Hall–Kier alpha value is -1.39. The number of hydrogen-bond donors (Lipinski definition) is 4. The fourth-order valence-corrected chi connectivity index (χ4v) is 5.37. The second-order valence-corrected chi connectivity index (χ2v) is 9.91. The lowest BCUT2D eigenvalue weighted by molar-refractivity contribution is -0.0246. The van der Waals surface area contributed by atoms with Gasteiger partial charge in [-0.05, 0) is 12.8 Å². The predicted octanol–water partition coefficient (Wildman–Crippen LogP) is -0.530. The number of ether oxygens (including phenoxy) is 1. The van der Waals surface area contributed by atoms with Crippen LogP contribution < -0.4 is 11.2 Å². The monoisotopic (exact) mass is 476 g/mol. The van der Waals surface area contributed by atoms with E-state index in [-0.39, 0.29) is 12.8 Å². The van der Waals surface area contributed by atoms with Crippen molar-refractivity contribution in [3.63, 3.8) is 0 Å². The third-order valence-electron chi connectivity index (χ3n) is 3.37. The Bertz CT molecular complexity index is 1060. The van der Waals surface area contributed by atoms with Gasteiger partial charge >= 0.3 is 29.2 Å². The van der Waals surface area contributed by atoms with Crippen molar-refractivity contribution in [1.29, 1.82) is 0 Å². The molecule has 162 valence electrons. The van der Waals surface area contributed by atoms with Crippen LogP contribution in [-0.2, 0) is 31.6 Å². The van der Waals surface area contributed by atoms with Gasteiger partial charge in [0, 0.05) is 18.3 Å². The quantitative estimate of drug-likeness (QED) is 0.275. The summed E-state index contributed by atoms with van der Waals surface area (Å²) in [5.74, 6) is 0. The van der Waals surface area contributed by atoms with Crippen molar-refractivity contribution >= 4 is 23.5 Å². The minimum Gasteiger partial charge on any atom is -0.352 e. The molecule has 15 nitrogen and oxygen atoms in total. The van der Waals surface area contributed by atoms with Gasteiger partial charge in [-0.3, -0.25) is 13.9 Å². The van der Waals surface area contributed by atoms with E-state index in [1.165, 1.54) is 0 Å². The maximum atomic E-state index is 12.1. The summed E-state index contributed by atoms with van der Waals surface area (Å²) in [4.78, 5) is 59.0. The number of hydrogen-bond acceptors (Lipinski definition) is 9. The highest BCUT2D eigenvalue weighted by Gasteiger charge is 2.41. The van der Waals surface area contributed by atoms with Crippen LogP contribution in [0.25, 0.3) is 0 Å². The lowest BCUT2D eigenvalue weighted by Crippen LogP contribution is -2.38. The van der Waals surface area contributed by atoms with Gasteiger partial charge in [-0.2, -0.15) is 13.2 Å². The molecule has 0 radical (unpaired) electrons. The number of phosphoric acid groups is 3. The van der Waals surface area contributed by atoms with Gasteiger partial charge in [-0.25, -0.2) is 18.5 Å². The molecule has 1 aliphatic heterocycles. The molecule has 1 fully saturated rings. The highest BCUT2D eigenvalue weighted by Crippen LogP contribution is 2.66. The van der Waals surface area contributed by atoms with Crippen molar-refractivity contribution in [3.05, 3.63) is 33.1 Å². The van der Waals surface area contributed by atoms with Gasteiger partial charge in [0.05, 0.1) is 12.7 Å². The third kappa shape index (κ3) is 6.82. The number of nitrogens with zero attached hydrogens (tertiary/aromatic N) is 2. The number of aromatic nitrogens is 2. The van der Waals surface area contributed by atoms with E-state index in [0.717, 1.165) is 16.8 Å². The van der Waals surface area contributed by atoms with Gasteiger partial charge < -0.3 is 24.3 Å². The summed E-state index contributed by atoms with van der Waals surface area (Å²) in [6, 6.07) is 2.95. The first-order valence-electron chi connectivity index (χ1n) is 7.48. The van der Waals surface area contributed by atoms with Crippen LogP contribution in [0.15, 0.2) is 21.9 Å². The van der Waals surface area contributed by atoms with Crippen LogP contribution in [0.1, 0.15) is 19.1 Å². The molecule has 0 spiro atoms. The Labute approximate surface area is 161 Å². The molecule has 0 aromatic carbocycles. The van der Waals surface area contributed by atoms with E-state index in [0.29, 0.717) is 4.57 Å². The van der Waals surface area contributed by atoms with Crippen LogP contribution in [0.3, 0.4) is 0 Å². The van der Waals surface area contributed by atoms with Gasteiger partial charge in [0.2, 0.25) is 0 Å². The van der Waals surface area contributed by atoms with Gasteiger partial charge in [0.15, 0.2) is 0 Å². The van der Waals surface area contributed by atoms with Crippen molar-refractivity contribution < 1.29 is 51.2 Å². The summed E-state index contributed by atoms with van der Waals surface area (Å²) >= 11 is 0. The van der Waals surface area contributed by atoms with Gasteiger partial charge in [0.25, 0.3) is 5.56 Å². The minimum atomic E-state index is -5.62. The summed E-state index contributed by atoms with van der Waals surface area (Å²) < 4.78 is 52.1. The Morgan fingerprint density at radius 3 is 2.38 bits per heavy atom. The van der Waals surface area contributed by atoms with Crippen LogP contribution in [0, 0.1) is 12.5 Å². The largest absolute Gasteiger partial charge is 0.490 e. The minimum absolute atomic E-state index is 0.210. The Balaban J connectivity index is 1.99. The molecular weight excluding hydrogens is 461 g/mol. The summed E-state index contributed by atoms with van der Waals surface area (Å²) in [5.41, 5.74) is -1.55. The van der Waals surface area contributed by atoms with Crippen molar-refractivity contribution in [3.8, 4) is 12.5 Å². The molecular formula is C11H15N2O13P3.